The van der Waals surface area contributed by atoms with Crippen molar-refractivity contribution >= 4 is 16.0 Å². The zero-order chi connectivity index (χ0) is 13.1. The van der Waals surface area contributed by atoms with Gasteiger partial charge in [0.1, 0.15) is 0 Å². The number of rotatable bonds is 4. The van der Waals surface area contributed by atoms with Gasteiger partial charge in [0.05, 0.1) is 12.5 Å². The Labute approximate surface area is 101 Å². The van der Waals surface area contributed by atoms with E-state index in [4.69, 9.17) is 10.4 Å². The topological polar surface area (TPSA) is 98.5 Å². The molecule has 0 aromatic rings. The van der Waals surface area contributed by atoms with Crippen LogP contribution in [-0.2, 0) is 14.8 Å². The molecule has 0 aromatic heterocycles. The largest absolute Gasteiger partial charge is 0.481 e. The molecule has 0 spiro atoms. The van der Waals surface area contributed by atoms with Crippen molar-refractivity contribution in [2.45, 2.75) is 43.9 Å². The lowest BCUT2D eigenvalue weighted by Crippen LogP contribution is -2.47. The predicted octanol–water partition coefficient (Wildman–Crippen LogP) is 0.557. The Balaban J connectivity index is 2.92. The maximum atomic E-state index is 12.0. The van der Waals surface area contributed by atoms with E-state index in [1.54, 1.807) is 6.07 Å². The number of piperidine rings is 1. The van der Waals surface area contributed by atoms with E-state index in [1.807, 2.05) is 0 Å². The van der Waals surface area contributed by atoms with Gasteiger partial charge in [0.25, 0.3) is 0 Å². The van der Waals surface area contributed by atoms with Crippen LogP contribution in [0.5, 0.6) is 0 Å². The van der Waals surface area contributed by atoms with Gasteiger partial charge in [-0.25, -0.2) is 8.42 Å². The smallest absolute Gasteiger partial charge is 0.304 e. The minimum Gasteiger partial charge on any atom is -0.481 e. The number of carboxylic acids is 1. The summed E-state index contributed by atoms with van der Waals surface area (Å²) in [6, 6.07) is 1.19. The quantitative estimate of drug-likeness (QED) is 0.796. The first-order chi connectivity index (χ1) is 7.89. The highest BCUT2D eigenvalue weighted by Gasteiger charge is 2.36. The van der Waals surface area contributed by atoms with Crippen LogP contribution in [0.15, 0.2) is 0 Å². The summed E-state index contributed by atoms with van der Waals surface area (Å²) < 4.78 is 25.2. The summed E-state index contributed by atoms with van der Waals surface area (Å²) >= 11 is 0. The number of hydrogen-bond donors (Lipinski definition) is 1. The summed E-state index contributed by atoms with van der Waals surface area (Å²) in [5.74, 6) is -1.01. The fraction of sp³-hybridized carbons (Fsp3) is 0.800. The van der Waals surface area contributed by atoms with Crippen LogP contribution in [0.25, 0.3) is 0 Å². The fourth-order valence-electron chi connectivity index (χ4n) is 1.98. The highest BCUT2D eigenvalue weighted by atomic mass is 32.2. The van der Waals surface area contributed by atoms with Crippen molar-refractivity contribution in [3.8, 4) is 6.07 Å². The van der Waals surface area contributed by atoms with Gasteiger partial charge in [-0.1, -0.05) is 6.42 Å². The highest BCUT2D eigenvalue weighted by molar-refractivity contribution is 7.90. The van der Waals surface area contributed by atoms with E-state index in [9.17, 15) is 13.2 Å². The number of carboxylic acid groups (broad SMARTS) is 1. The Morgan fingerprint density at radius 3 is 2.76 bits per heavy atom. The molecule has 0 saturated carbocycles. The molecule has 6 nitrogen and oxygen atoms in total. The maximum Gasteiger partial charge on any atom is 0.304 e. The van der Waals surface area contributed by atoms with Gasteiger partial charge < -0.3 is 5.11 Å². The SMILES string of the molecule is CC(C#N)S(=O)(=O)N1CCCCC1CC(=O)O. The normalized spacial score (nSPS) is 23.9. The Bertz CT molecular complexity index is 426. The van der Waals surface area contributed by atoms with Crippen molar-refractivity contribution < 1.29 is 18.3 Å². The third-order valence-electron chi connectivity index (χ3n) is 2.94. The van der Waals surface area contributed by atoms with Crippen LogP contribution in [-0.4, -0.2) is 41.6 Å². The van der Waals surface area contributed by atoms with Crippen LogP contribution >= 0.6 is 0 Å². The number of nitrogens with zero attached hydrogens (tertiary/aromatic N) is 2. The molecule has 0 aromatic carbocycles. The van der Waals surface area contributed by atoms with Crippen LogP contribution in [0.1, 0.15) is 32.6 Å². The Morgan fingerprint density at radius 2 is 2.24 bits per heavy atom. The number of hydrogen-bond acceptors (Lipinski definition) is 4. The summed E-state index contributed by atoms with van der Waals surface area (Å²) in [4.78, 5) is 10.7. The molecule has 0 amide bonds. The molecule has 2 unspecified atom stereocenters. The van der Waals surface area contributed by atoms with Crippen LogP contribution in [0.2, 0.25) is 0 Å². The van der Waals surface area contributed by atoms with E-state index >= 15 is 0 Å². The van der Waals surface area contributed by atoms with Crippen molar-refractivity contribution in [1.82, 2.24) is 4.31 Å². The summed E-state index contributed by atoms with van der Waals surface area (Å²) in [5, 5.41) is 16.3. The van der Waals surface area contributed by atoms with E-state index in [0.29, 0.717) is 19.4 Å². The Morgan fingerprint density at radius 1 is 1.59 bits per heavy atom. The van der Waals surface area contributed by atoms with Gasteiger partial charge >= 0.3 is 5.97 Å². The summed E-state index contributed by atoms with van der Waals surface area (Å²) in [6.07, 6.45) is 1.89. The second kappa shape index (κ2) is 5.47. The molecule has 7 heteroatoms. The first-order valence-corrected chi connectivity index (χ1v) is 7.02. The van der Waals surface area contributed by atoms with Crippen molar-refractivity contribution in [3.63, 3.8) is 0 Å². The molecular weight excluding hydrogens is 244 g/mol. The molecule has 0 bridgehead atoms. The van der Waals surface area contributed by atoms with Gasteiger partial charge in [-0.15, -0.1) is 0 Å². The van der Waals surface area contributed by atoms with E-state index < -0.39 is 27.3 Å². The van der Waals surface area contributed by atoms with Crippen molar-refractivity contribution in [1.29, 1.82) is 5.26 Å². The third-order valence-corrected chi connectivity index (χ3v) is 5.07. The van der Waals surface area contributed by atoms with Crippen LogP contribution < -0.4 is 0 Å². The summed E-state index contributed by atoms with van der Waals surface area (Å²) in [6.45, 7) is 1.63. The second-order valence-electron chi connectivity index (χ2n) is 4.17. The predicted molar refractivity (Wildman–Crippen MR) is 60.6 cm³/mol. The number of nitriles is 1. The van der Waals surface area contributed by atoms with E-state index in [1.165, 1.54) is 11.2 Å². The molecule has 1 aliphatic heterocycles. The van der Waals surface area contributed by atoms with Gasteiger partial charge in [-0.2, -0.15) is 9.57 Å². The average Bonchev–Trinajstić information content (AvgIpc) is 2.27. The average molecular weight is 260 g/mol. The molecule has 0 aliphatic carbocycles. The lowest BCUT2D eigenvalue weighted by molar-refractivity contribution is -0.138. The Kier molecular flexibility index (Phi) is 4.48. The van der Waals surface area contributed by atoms with Gasteiger partial charge in [0, 0.05) is 12.6 Å². The third kappa shape index (κ3) is 3.17. The molecule has 1 rings (SSSR count). The van der Waals surface area contributed by atoms with Gasteiger partial charge in [-0.3, -0.25) is 4.79 Å². The first kappa shape index (κ1) is 13.9. The standard InChI is InChI=1S/C10H16N2O4S/c1-8(7-11)17(15,16)12-5-3-2-4-9(12)6-10(13)14/h8-9H,2-6H2,1H3,(H,13,14). The molecule has 0 radical (unpaired) electrons. The second-order valence-corrected chi connectivity index (χ2v) is 6.38. The van der Waals surface area contributed by atoms with Gasteiger partial charge in [0.2, 0.25) is 10.0 Å². The Hall–Kier alpha value is -1.13. The molecule has 2 atom stereocenters. The minimum atomic E-state index is -3.70. The number of carbonyl (C=O) groups is 1. The maximum absolute atomic E-state index is 12.0. The zero-order valence-corrected chi connectivity index (χ0v) is 10.5. The van der Waals surface area contributed by atoms with Crippen LogP contribution in [0, 0.1) is 11.3 Å². The molecule has 96 valence electrons. The molecular formula is C10H16N2O4S. The molecule has 1 saturated heterocycles. The van der Waals surface area contributed by atoms with Crippen molar-refractivity contribution in [2.24, 2.45) is 0 Å². The van der Waals surface area contributed by atoms with Crippen molar-refractivity contribution in [3.05, 3.63) is 0 Å². The first-order valence-electron chi connectivity index (χ1n) is 5.51. The minimum absolute atomic E-state index is 0.197. The molecule has 17 heavy (non-hydrogen) atoms. The fourth-order valence-corrected chi connectivity index (χ4v) is 3.50. The number of sulfonamides is 1. The van der Waals surface area contributed by atoms with Crippen LogP contribution in [0.3, 0.4) is 0 Å². The number of aliphatic carboxylic acids is 1. The molecule has 1 N–H and O–H groups in total. The van der Waals surface area contributed by atoms with E-state index in [0.717, 1.165) is 6.42 Å². The molecule has 1 aliphatic rings. The lowest BCUT2D eigenvalue weighted by Gasteiger charge is -2.34. The summed E-state index contributed by atoms with van der Waals surface area (Å²) in [5.41, 5.74) is 0. The zero-order valence-electron chi connectivity index (χ0n) is 9.66. The van der Waals surface area contributed by atoms with Crippen molar-refractivity contribution in [2.75, 3.05) is 6.54 Å². The van der Waals surface area contributed by atoms with Gasteiger partial charge in [-0.05, 0) is 19.8 Å². The molecule has 1 heterocycles. The van der Waals surface area contributed by atoms with Gasteiger partial charge in [0.15, 0.2) is 5.25 Å². The molecule has 1 fully saturated rings. The van der Waals surface area contributed by atoms with Crippen LogP contribution in [0.4, 0.5) is 0 Å². The highest BCUT2D eigenvalue weighted by Crippen LogP contribution is 2.24. The monoisotopic (exact) mass is 260 g/mol. The van der Waals surface area contributed by atoms with E-state index in [-0.39, 0.29) is 6.42 Å². The summed E-state index contributed by atoms with van der Waals surface area (Å²) in [7, 11) is -3.70. The lowest BCUT2D eigenvalue weighted by atomic mass is 10.0. The van der Waals surface area contributed by atoms with E-state index in [2.05, 4.69) is 0 Å².